The highest BCUT2D eigenvalue weighted by atomic mass is 79.9. The Labute approximate surface area is 118 Å². The van der Waals surface area contributed by atoms with E-state index < -0.39 is 0 Å². The summed E-state index contributed by atoms with van der Waals surface area (Å²) in [4.78, 5) is 0. The molecule has 0 radical (unpaired) electrons. The first-order valence-corrected chi connectivity index (χ1v) is 6.21. The van der Waals surface area contributed by atoms with Crippen molar-refractivity contribution in [3.05, 3.63) is 33.4 Å². The van der Waals surface area contributed by atoms with Crippen molar-refractivity contribution in [3.8, 4) is 23.1 Å². The zero-order chi connectivity index (χ0) is 13.3. The lowest BCUT2D eigenvalue weighted by Crippen LogP contribution is -1.97. The first kappa shape index (κ1) is 12.9. The molecule has 2 rings (SSSR count). The Balaban J connectivity index is 2.75. The summed E-state index contributed by atoms with van der Waals surface area (Å²) < 4.78 is 7.68. The minimum atomic E-state index is 0.413. The van der Waals surface area contributed by atoms with E-state index in [1.165, 1.54) is 7.11 Å². The van der Waals surface area contributed by atoms with Crippen LogP contribution >= 0.6 is 27.5 Å². The first-order valence-electron chi connectivity index (χ1n) is 5.04. The SMILES string of the molecule is COc1cc(-c2c(Br)cnn2C)c(C#N)cc1Cl. The summed E-state index contributed by atoms with van der Waals surface area (Å²) in [5, 5.41) is 13.7. The van der Waals surface area contributed by atoms with Crippen molar-refractivity contribution in [1.29, 1.82) is 5.26 Å². The topological polar surface area (TPSA) is 50.8 Å². The molecular weight excluding hydrogens is 318 g/mol. The number of hydrogen-bond donors (Lipinski definition) is 0. The van der Waals surface area contributed by atoms with Crippen molar-refractivity contribution in [2.75, 3.05) is 7.11 Å². The lowest BCUT2D eigenvalue weighted by atomic mass is 10.0. The smallest absolute Gasteiger partial charge is 0.138 e. The molecule has 6 heteroatoms. The number of rotatable bonds is 2. The molecule has 2 aromatic rings. The lowest BCUT2D eigenvalue weighted by molar-refractivity contribution is 0.415. The van der Waals surface area contributed by atoms with Crippen molar-refractivity contribution in [3.63, 3.8) is 0 Å². The van der Waals surface area contributed by atoms with E-state index in [9.17, 15) is 5.26 Å². The van der Waals surface area contributed by atoms with Crippen LogP contribution in [0.1, 0.15) is 5.56 Å². The third kappa shape index (κ3) is 2.09. The second kappa shape index (κ2) is 5.01. The number of nitriles is 1. The maximum absolute atomic E-state index is 9.19. The largest absolute Gasteiger partial charge is 0.495 e. The highest BCUT2D eigenvalue weighted by Crippen LogP contribution is 2.36. The van der Waals surface area contributed by atoms with Gasteiger partial charge in [0, 0.05) is 12.6 Å². The monoisotopic (exact) mass is 325 g/mol. The van der Waals surface area contributed by atoms with Gasteiger partial charge >= 0.3 is 0 Å². The Kier molecular flexibility index (Phi) is 3.60. The molecule has 0 aliphatic rings. The van der Waals surface area contributed by atoms with Crippen LogP contribution in [0, 0.1) is 11.3 Å². The first-order chi connectivity index (χ1) is 8.58. The molecule has 0 saturated heterocycles. The number of aryl methyl sites for hydroxylation is 1. The molecule has 0 spiro atoms. The second-order valence-corrected chi connectivity index (χ2v) is 4.87. The van der Waals surface area contributed by atoms with E-state index in [0.29, 0.717) is 16.3 Å². The van der Waals surface area contributed by atoms with E-state index in [0.717, 1.165) is 15.7 Å². The summed E-state index contributed by atoms with van der Waals surface area (Å²) in [5.41, 5.74) is 2.01. The summed E-state index contributed by atoms with van der Waals surface area (Å²) in [6, 6.07) is 5.46. The van der Waals surface area contributed by atoms with Gasteiger partial charge in [-0.3, -0.25) is 4.68 Å². The second-order valence-electron chi connectivity index (χ2n) is 3.61. The third-order valence-corrected chi connectivity index (χ3v) is 3.44. The molecule has 0 N–H and O–H groups in total. The van der Waals surface area contributed by atoms with Gasteiger partial charge in [0.25, 0.3) is 0 Å². The molecule has 4 nitrogen and oxygen atoms in total. The highest BCUT2D eigenvalue weighted by molar-refractivity contribution is 9.10. The molecule has 0 fully saturated rings. The average Bonchev–Trinajstić information content (AvgIpc) is 2.69. The van der Waals surface area contributed by atoms with Gasteiger partial charge in [0.1, 0.15) is 5.75 Å². The van der Waals surface area contributed by atoms with Crippen LogP contribution in [0.4, 0.5) is 0 Å². The lowest BCUT2D eigenvalue weighted by Gasteiger charge is -2.10. The van der Waals surface area contributed by atoms with E-state index in [-0.39, 0.29) is 0 Å². The van der Waals surface area contributed by atoms with Gasteiger partial charge in [-0.2, -0.15) is 10.4 Å². The van der Waals surface area contributed by atoms with Gasteiger partial charge in [0.15, 0.2) is 0 Å². The quantitative estimate of drug-likeness (QED) is 0.850. The Morgan fingerprint density at radius 2 is 2.22 bits per heavy atom. The molecule has 1 aromatic carbocycles. The Morgan fingerprint density at radius 3 is 2.72 bits per heavy atom. The van der Waals surface area contributed by atoms with Crippen molar-refractivity contribution < 1.29 is 4.74 Å². The van der Waals surface area contributed by atoms with Crippen LogP contribution in [0.3, 0.4) is 0 Å². The highest BCUT2D eigenvalue weighted by Gasteiger charge is 2.16. The van der Waals surface area contributed by atoms with Crippen molar-refractivity contribution in [2.45, 2.75) is 0 Å². The van der Waals surface area contributed by atoms with Gasteiger partial charge in [-0.15, -0.1) is 0 Å². The maximum atomic E-state index is 9.19. The van der Waals surface area contributed by atoms with Gasteiger partial charge in [0.05, 0.1) is 40.1 Å². The van der Waals surface area contributed by atoms with Crippen LogP contribution in [0.25, 0.3) is 11.3 Å². The molecule has 0 saturated carbocycles. The zero-order valence-electron chi connectivity index (χ0n) is 9.74. The minimum Gasteiger partial charge on any atom is -0.495 e. The number of ether oxygens (including phenoxy) is 1. The molecule has 0 aliphatic heterocycles. The maximum Gasteiger partial charge on any atom is 0.138 e. The van der Waals surface area contributed by atoms with Gasteiger partial charge < -0.3 is 4.74 Å². The van der Waals surface area contributed by atoms with Gasteiger partial charge in [-0.1, -0.05) is 11.6 Å². The van der Waals surface area contributed by atoms with Gasteiger partial charge in [-0.25, -0.2) is 0 Å². The fourth-order valence-corrected chi connectivity index (χ4v) is 2.51. The van der Waals surface area contributed by atoms with Crippen molar-refractivity contribution in [1.82, 2.24) is 9.78 Å². The number of methoxy groups -OCH3 is 1. The van der Waals surface area contributed by atoms with Crippen LogP contribution < -0.4 is 4.74 Å². The zero-order valence-corrected chi connectivity index (χ0v) is 12.1. The molecule has 0 unspecified atom stereocenters. The van der Waals surface area contributed by atoms with Crippen LogP contribution in [0.5, 0.6) is 5.75 Å². The van der Waals surface area contributed by atoms with E-state index in [1.807, 2.05) is 7.05 Å². The fraction of sp³-hybridized carbons (Fsp3) is 0.167. The molecule has 18 heavy (non-hydrogen) atoms. The molecule has 0 bridgehead atoms. The van der Waals surface area contributed by atoms with E-state index in [2.05, 4.69) is 27.1 Å². The predicted molar refractivity (Wildman–Crippen MR) is 72.6 cm³/mol. The fourth-order valence-electron chi connectivity index (χ4n) is 1.71. The van der Waals surface area contributed by atoms with E-state index in [1.54, 1.807) is 23.0 Å². The van der Waals surface area contributed by atoms with Crippen LogP contribution in [0.2, 0.25) is 5.02 Å². The molecule has 0 atom stereocenters. The van der Waals surface area contributed by atoms with Gasteiger partial charge in [0.2, 0.25) is 0 Å². The van der Waals surface area contributed by atoms with Crippen LogP contribution in [-0.4, -0.2) is 16.9 Å². The number of aromatic nitrogens is 2. The molecule has 92 valence electrons. The molecule has 0 amide bonds. The Morgan fingerprint density at radius 1 is 1.50 bits per heavy atom. The van der Waals surface area contributed by atoms with E-state index in [4.69, 9.17) is 16.3 Å². The predicted octanol–water partition coefficient (Wildman–Crippen LogP) is 3.38. The molecule has 0 aliphatic carbocycles. The Bertz CT molecular complexity index is 626. The van der Waals surface area contributed by atoms with Gasteiger partial charge in [-0.05, 0) is 28.1 Å². The average molecular weight is 327 g/mol. The molecular formula is C12H9BrClN3O. The summed E-state index contributed by atoms with van der Waals surface area (Å²) in [6.45, 7) is 0. The molecule has 1 heterocycles. The number of hydrogen-bond acceptors (Lipinski definition) is 3. The van der Waals surface area contributed by atoms with Crippen LogP contribution in [-0.2, 0) is 7.05 Å². The number of halogens is 2. The van der Waals surface area contributed by atoms with Crippen LogP contribution in [0.15, 0.2) is 22.8 Å². The third-order valence-electron chi connectivity index (χ3n) is 2.56. The standard InChI is InChI=1S/C12H9BrClN3O/c1-17-12(9(13)6-16-17)8-4-11(18-2)10(14)3-7(8)5-15/h3-4,6H,1-2H3. The van der Waals surface area contributed by atoms with Crippen molar-refractivity contribution in [2.24, 2.45) is 7.05 Å². The van der Waals surface area contributed by atoms with Crippen molar-refractivity contribution >= 4 is 27.5 Å². The summed E-state index contributed by atoms with van der Waals surface area (Å²) in [6.07, 6.45) is 1.68. The minimum absolute atomic E-state index is 0.413. The summed E-state index contributed by atoms with van der Waals surface area (Å²) in [7, 11) is 3.34. The summed E-state index contributed by atoms with van der Waals surface area (Å²) >= 11 is 9.43. The summed E-state index contributed by atoms with van der Waals surface area (Å²) in [5.74, 6) is 0.527. The molecule has 1 aromatic heterocycles. The number of nitrogens with zero attached hydrogens (tertiary/aromatic N) is 3. The van der Waals surface area contributed by atoms with E-state index >= 15 is 0 Å². The normalized spacial score (nSPS) is 10.2. The Hall–Kier alpha value is -1.51. The number of benzene rings is 1.